The summed E-state index contributed by atoms with van der Waals surface area (Å²) >= 11 is 0. The number of amides is 2. The van der Waals surface area contributed by atoms with Gasteiger partial charge in [-0.05, 0) is 37.0 Å². The average molecular weight is 294 g/mol. The number of nitrogens with one attached hydrogen (secondary N) is 2. The number of aryl methyl sites for hydroxylation is 2. The van der Waals surface area contributed by atoms with Gasteiger partial charge in [0.2, 0.25) is 0 Å². The molecule has 0 fully saturated rings. The largest absolute Gasteiger partial charge is 0.481 e. The van der Waals surface area contributed by atoms with Crippen LogP contribution in [0.5, 0.6) is 0 Å². The number of carboxylic acid groups (broad SMARTS) is 1. The molecule has 1 atom stereocenters. The molecule has 116 valence electrons. The van der Waals surface area contributed by atoms with Crippen molar-refractivity contribution in [1.29, 1.82) is 0 Å². The third-order valence-corrected chi connectivity index (χ3v) is 3.23. The number of carbonyl (C=O) groups excluding carboxylic acids is 1. The van der Waals surface area contributed by atoms with Crippen LogP contribution < -0.4 is 10.6 Å². The van der Waals surface area contributed by atoms with Gasteiger partial charge >= 0.3 is 12.0 Å². The molecule has 1 unspecified atom stereocenters. The van der Waals surface area contributed by atoms with Crippen molar-refractivity contribution in [2.45, 2.75) is 32.7 Å². The van der Waals surface area contributed by atoms with Gasteiger partial charge in [0.15, 0.2) is 0 Å². The molecule has 0 spiro atoms. The van der Waals surface area contributed by atoms with Gasteiger partial charge in [0.05, 0.1) is 19.1 Å². The fourth-order valence-corrected chi connectivity index (χ4v) is 1.90. The lowest BCUT2D eigenvalue weighted by atomic mass is 10.0. The molecule has 21 heavy (non-hydrogen) atoms. The van der Waals surface area contributed by atoms with Crippen LogP contribution in [-0.4, -0.2) is 41.4 Å². The third-order valence-electron chi connectivity index (χ3n) is 3.23. The second-order valence-electron chi connectivity index (χ2n) is 5.05. The van der Waals surface area contributed by atoms with Crippen molar-refractivity contribution in [1.82, 2.24) is 10.6 Å². The summed E-state index contributed by atoms with van der Waals surface area (Å²) in [5, 5.41) is 22.9. The number of aliphatic hydroxyl groups is 1. The third kappa shape index (κ3) is 6.27. The summed E-state index contributed by atoms with van der Waals surface area (Å²) in [4.78, 5) is 21.9. The van der Waals surface area contributed by atoms with E-state index in [1.807, 2.05) is 32.0 Å². The van der Waals surface area contributed by atoms with Gasteiger partial charge in [0.25, 0.3) is 0 Å². The Bertz CT molecular complexity index is 502. The minimum absolute atomic E-state index is 0.0585. The van der Waals surface area contributed by atoms with Gasteiger partial charge in [0.1, 0.15) is 0 Å². The zero-order valence-corrected chi connectivity index (χ0v) is 12.3. The van der Waals surface area contributed by atoms with Gasteiger partial charge in [-0.3, -0.25) is 4.79 Å². The second kappa shape index (κ2) is 8.26. The Labute approximate surface area is 124 Å². The Morgan fingerprint density at radius 2 is 1.95 bits per heavy atom. The first-order valence-corrected chi connectivity index (χ1v) is 6.85. The van der Waals surface area contributed by atoms with Gasteiger partial charge in [-0.25, -0.2) is 4.79 Å². The van der Waals surface area contributed by atoms with Crippen LogP contribution in [-0.2, 0) is 11.2 Å². The molecule has 0 aliphatic heterocycles. The molecule has 1 aromatic carbocycles. The van der Waals surface area contributed by atoms with Crippen LogP contribution in [0, 0.1) is 13.8 Å². The summed E-state index contributed by atoms with van der Waals surface area (Å²) in [5.41, 5.74) is 3.39. The highest BCUT2D eigenvalue weighted by atomic mass is 16.4. The van der Waals surface area contributed by atoms with Crippen molar-refractivity contribution < 1.29 is 19.8 Å². The van der Waals surface area contributed by atoms with E-state index in [0.29, 0.717) is 6.42 Å². The van der Waals surface area contributed by atoms with Gasteiger partial charge in [-0.15, -0.1) is 0 Å². The molecule has 0 saturated carbocycles. The lowest BCUT2D eigenvalue weighted by molar-refractivity contribution is -0.136. The van der Waals surface area contributed by atoms with Crippen molar-refractivity contribution in [2.75, 3.05) is 13.2 Å². The number of hydrogen-bond donors (Lipinski definition) is 4. The number of aliphatic hydroxyl groups excluding tert-OH is 1. The number of benzene rings is 1. The van der Waals surface area contributed by atoms with Crippen LogP contribution in [0.15, 0.2) is 18.2 Å². The van der Waals surface area contributed by atoms with Crippen molar-refractivity contribution in [3.8, 4) is 0 Å². The van der Waals surface area contributed by atoms with Gasteiger partial charge in [-0.2, -0.15) is 0 Å². The lowest BCUT2D eigenvalue weighted by Gasteiger charge is -2.17. The van der Waals surface area contributed by atoms with Crippen molar-refractivity contribution in [2.24, 2.45) is 0 Å². The van der Waals surface area contributed by atoms with E-state index >= 15 is 0 Å². The summed E-state index contributed by atoms with van der Waals surface area (Å²) in [6.07, 6.45) is 0.387. The standard InChI is InChI=1S/C15H22N2O4/c1-10-3-4-12(7-11(10)2)8-13(9-18)17-15(21)16-6-5-14(19)20/h3-4,7,13,18H,5-6,8-9H2,1-2H3,(H,19,20)(H2,16,17,21). The minimum atomic E-state index is -0.968. The molecule has 2 amide bonds. The van der Waals surface area contributed by atoms with E-state index < -0.39 is 18.0 Å². The van der Waals surface area contributed by atoms with Gasteiger partial charge in [0, 0.05) is 6.54 Å². The molecule has 4 N–H and O–H groups in total. The van der Waals surface area contributed by atoms with Crippen molar-refractivity contribution in [3.63, 3.8) is 0 Å². The highest BCUT2D eigenvalue weighted by Gasteiger charge is 2.12. The SMILES string of the molecule is Cc1ccc(CC(CO)NC(=O)NCCC(=O)O)cc1C. The monoisotopic (exact) mass is 294 g/mol. The van der Waals surface area contributed by atoms with Crippen LogP contribution in [0.3, 0.4) is 0 Å². The fourth-order valence-electron chi connectivity index (χ4n) is 1.90. The molecule has 1 aromatic rings. The number of carboxylic acids is 1. The summed E-state index contributed by atoms with van der Waals surface area (Å²) in [7, 11) is 0. The minimum Gasteiger partial charge on any atom is -0.481 e. The first-order chi connectivity index (χ1) is 9.92. The normalized spacial score (nSPS) is 11.8. The molecule has 0 bridgehead atoms. The molecule has 0 aromatic heterocycles. The number of aliphatic carboxylic acids is 1. The molecule has 0 radical (unpaired) electrons. The van der Waals surface area contributed by atoms with E-state index in [4.69, 9.17) is 5.11 Å². The predicted molar refractivity (Wildman–Crippen MR) is 79.3 cm³/mol. The molecule has 0 aliphatic carbocycles. The van der Waals surface area contributed by atoms with E-state index in [-0.39, 0.29) is 19.6 Å². The highest BCUT2D eigenvalue weighted by molar-refractivity contribution is 5.75. The first-order valence-electron chi connectivity index (χ1n) is 6.85. The van der Waals surface area contributed by atoms with Crippen LogP contribution in [0.25, 0.3) is 0 Å². The summed E-state index contributed by atoms with van der Waals surface area (Å²) in [5.74, 6) is -0.968. The molecule has 1 rings (SSSR count). The first kappa shape index (κ1) is 17.0. The van der Waals surface area contributed by atoms with E-state index in [9.17, 15) is 14.7 Å². The summed E-state index contributed by atoms with van der Waals surface area (Å²) in [6, 6.07) is 5.12. The van der Waals surface area contributed by atoms with Crippen LogP contribution >= 0.6 is 0 Å². The lowest BCUT2D eigenvalue weighted by Crippen LogP contribution is -2.45. The maximum atomic E-state index is 11.6. The number of rotatable bonds is 7. The molecular weight excluding hydrogens is 272 g/mol. The molecular formula is C15H22N2O4. The Morgan fingerprint density at radius 1 is 1.24 bits per heavy atom. The molecule has 0 heterocycles. The highest BCUT2D eigenvalue weighted by Crippen LogP contribution is 2.11. The number of urea groups is 1. The Morgan fingerprint density at radius 3 is 2.52 bits per heavy atom. The summed E-state index contributed by atoms with van der Waals surface area (Å²) < 4.78 is 0. The summed E-state index contributed by atoms with van der Waals surface area (Å²) in [6.45, 7) is 3.91. The van der Waals surface area contributed by atoms with Crippen LogP contribution in [0.2, 0.25) is 0 Å². The van der Waals surface area contributed by atoms with E-state index in [1.165, 1.54) is 5.56 Å². The molecule has 0 aliphatic rings. The Balaban J connectivity index is 2.48. The number of carbonyl (C=O) groups is 2. The maximum Gasteiger partial charge on any atom is 0.315 e. The molecule has 6 heteroatoms. The zero-order valence-electron chi connectivity index (χ0n) is 12.3. The van der Waals surface area contributed by atoms with E-state index in [0.717, 1.165) is 11.1 Å². The van der Waals surface area contributed by atoms with Crippen LogP contribution in [0.1, 0.15) is 23.1 Å². The smallest absolute Gasteiger partial charge is 0.315 e. The Hall–Kier alpha value is -2.08. The zero-order chi connectivity index (χ0) is 15.8. The van der Waals surface area contributed by atoms with Crippen molar-refractivity contribution >= 4 is 12.0 Å². The van der Waals surface area contributed by atoms with E-state index in [2.05, 4.69) is 10.6 Å². The van der Waals surface area contributed by atoms with Gasteiger partial charge in [-0.1, -0.05) is 18.2 Å². The molecule has 0 saturated heterocycles. The second-order valence-corrected chi connectivity index (χ2v) is 5.05. The van der Waals surface area contributed by atoms with Gasteiger partial charge < -0.3 is 20.8 Å². The Kier molecular flexibility index (Phi) is 6.68. The van der Waals surface area contributed by atoms with Crippen LogP contribution in [0.4, 0.5) is 4.79 Å². The average Bonchev–Trinajstić information content (AvgIpc) is 2.41. The quantitative estimate of drug-likeness (QED) is 0.602. The topological polar surface area (TPSA) is 98.7 Å². The van der Waals surface area contributed by atoms with Crippen molar-refractivity contribution in [3.05, 3.63) is 34.9 Å². The maximum absolute atomic E-state index is 11.6. The fraction of sp³-hybridized carbons (Fsp3) is 0.467. The predicted octanol–water partition coefficient (Wildman–Crippen LogP) is 0.981. The van der Waals surface area contributed by atoms with E-state index in [1.54, 1.807) is 0 Å². The number of hydrogen-bond acceptors (Lipinski definition) is 3. The molecule has 6 nitrogen and oxygen atoms in total.